The van der Waals surface area contributed by atoms with Crippen LogP contribution in [-0.4, -0.2) is 47.2 Å². The van der Waals surface area contributed by atoms with E-state index >= 15 is 0 Å². The van der Waals surface area contributed by atoms with Gasteiger partial charge in [-0.1, -0.05) is 0 Å². The van der Waals surface area contributed by atoms with E-state index in [9.17, 15) is 9.59 Å². The average Bonchev–Trinajstić information content (AvgIpc) is 2.62. The van der Waals surface area contributed by atoms with Crippen molar-refractivity contribution in [3.05, 3.63) is 17.5 Å². The van der Waals surface area contributed by atoms with Crippen LogP contribution in [-0.2, 0) is 6.54 Å². The summed E-state index contributed by atoms with van der Waals surface area (Å²) in [5.74, 6) is -1.16. The minimum Gasteiger partial charge on any atom is -0.493 e. The Bertz CT molecular complexity index is 464. The third-order valence-electron chi connectivity index (χ3n) is 2.69. The van der Waals surface area contributed by atoms with Crippen molar-refractivity contribution < 1.29 is 19.4 Å². The first-order chi connectivity index (χ1) is 7.56. The highest BCUT2D eigenvalue weighted by Crippen LogP contribution is 2.29. The summed E-state index contributed by atoms with van der Waals surface area (Å²) in [6, 6.07) is 0. The monoisotopic (exact) mass is 224 g/mol. The lowest BCUT2D eigenvalue weighted by atomic mass is 10.2. The highest BCUT2D eigenvalue weighted by molar-refractivity contribution is 6.01. The van der Waals surface area contributed by atoms with Crippen LogP contribution in [0.25, 0.3) is 0 Å². The molecule has 1 N–H and O–H groups in total. The standard InChI is InChI=1S/C10H12N2O4/c1-11-3-4-12-5-6(10(14)15)8(16-2)7(12)9(11)13/h5H,3-4H2,1-2H3,(H,14,15). The molecule has 16 heavy (non-hydrogen) atoms. The molecule has 0 radical (unpaired) electrons. The molecule has 0 saturated heterocycles. The van der Waals surface area contributed by atoms with Gasteiger partial charge in [-0.05, 0) is 0 Å². The Labute approximate surface area is 92.0 Å². The molecule has 0 unspecified atom stereocenters. The lowest BCUT2D eigenvalue weighted by Crippen LogP contribution is -2.36. The number of nitrogens with zero attached hydrogens (tertiary/aromatic N) is 2. The van der Waals surface area contributed by atoms with Crippen LogP contribution in [0.2, 0.25) is 0 Å². The molecule has 0 bridgehead atoms. The summed E-state index contributed by atoms with van der Waals surface area (Å²) < 4.78 is 6.64. The van der Waals surface area contributed by atoms with Crippen molar-refractivity contribution >= 4 is 11.9 Å². The molecular formula is C10H12N2O4. The number of aromatic carboxylic acids is 1. The van der Waals surface area contributed by atoms with E-state index < -0.39 is 5.97 Å². The number of carbonyl (C=O) groups excluding carboxylic acids is 1. The van der Waals surface area contributed by atoms with Crippen LogP contribution in [0.5, 0.6) is 5.75 Å². The third kappa shape index (κ3) is 1.34. The zero-order valence-electron chi connectivity index (χ0n) is 9.06. The topological polar surface area (TPSA) is 71.8 Å². The number of amides is 1. The maximum absolute atomic E-state index is 11.9. The zero-order chi connectivity index (χ0) is 11.9. The first-order valence-corrected chi connectivity index (χ1v) is 4.82. The van der Waals surface area contributed by atoms with Gasteiger partial charge in [0.15, 0.2) is 11.4 Å². The number of fused-ring (bicyclic) bond motifs is 1. The normalized spacial score (nSPS) is 14.9. The molecule has 1 aliphatic heterocycles. The minimum absolute atomic E-state index is 0.0288. The summed E-state index contributed by atoms with van der Waals surface area (Å²) in [6.45, 7) is 1.16. The fourth-order valence-electron chi connectivity index (χ4n) is 1.83. The van der Waals surface area contributed by atoms with Gasteiger partial charge < -0.3 is 19.3 Å². The average molecular weight is 224 g/mol. The summed E-state index contributed by atoms with van der Waals surface area (Å²) in [5.41, 5.74) is 0.342. The van der Waals surface area contributed by atoms with Crippen molar-refractivity contribution in [2.45, 2.75) is 6.54 Å². The van der Waals surface area contributed by atoms with Crippen molar-refractivity contribution in [3.63, 3.8) is 0 Å². The number of carbonyl (C=O) groups is 2. The molecule has 0 fully saturated rings. The largest absolute Gasteiger partial charge is 0.493 e. The van der Waals surface area contributed by atoms with Gasteiger partial charge in [0, 0.05) is 26.3 Å². The molecule has 1 amide bonds. The van der Waals surface area contributed by atoms with E-state index in [1.165, 1.54) is 13.3 Å². The summed E-state index contributed by atoms with van der Waals surface area (Å²) in [4.78, 5) is 24.4. The van der Waals surface area contributed by atoms with E-state index in [4.69, 9.17) is 9.84 Å². The second kappa shape index (κ2) is 3.55. The number of likely N-dealkylation sites (N-methyl/N-ethyl adjacent to an activating group) is 1. The van der Waals surface area contributed by atoms with Gasteiger partial charge in [-0.15, -0.1) is 0 Å². The highest BCUT2D eigenvalue weighted by atomic mass is 16.5. The zero-order valence-corrected chi connectivity index (χ0v) is 9.06. The quantitative estimate of drug-likeness (QED) is 0.783. The van der Waals surface area contributed by atoms with Gasteiger partial charge in [0.25, 0.3) is 5.91 Å². The maximum atomic E-state index is 11.9. The van der Waals surface area contributed by atoms with E-state index in [1.807, 2.05) is 0 Å². The SMILES string of the molecule is COc1c(C(=O)O)cn2c1C(=O)N(C)CC2. The van der Waals surface area contributed by atoms with E-state index in [1.54, 1.807) is 16.5 Å². The Hall–Kier alpha value is -1.98. The first-order valence-electron chi connectivity index (χ1n) is 4.82. The van der Waals surface area contributed by atoms with Gasteiger partial charge in [-0.25, -0.2) is 4.79 Å². The Morgan fingerprint density at radius 1 is 1.50 bits per heavy atom. The predicted molar refractivity (Wildman–Crippen MR) is 54.9 cm³/mol. The number of carboxylic acids is 1. The fourth-order valence-corrected chi connectivity index (χ4v) is 1.83. The minimum atomic E-state index is -1.09. The molecule has 1 aromatic rings. The van der Waals surface area contributed by atoms with Crippen molar-refractivity contribution in [1.29, 1.82) is 0 Å². The summed E-state index contributed by atoms with van der Waals surface area (Å²) in [6.07, 6.45) is 1.45. The summed E-state index contributed by atoms with van der Waals surface area (Å²) in [5, 5.41) is 8.98. The second-order valence-electron chi connectivity index (χ2n) is 3.65. The van der Waals surface area contributed by atoms with Crippen LogP contribution in [0.1, 0.15) is 20.8 Å². The van der Waals surface area contributed by atoms with Crippen LogP contribution < -0.4 is 4.74 Å². The number of ether oxygens (including phenoxy) is 1. The van der Waals surface area contributed by atoms with Crippen LogP contribution in [0.15, 0.2) is 6.20 Å². The van der Waals surface area contributed by atoms with Gasteiger partial charge in [0.1, 0.15) is 5.56 Å². The van der Waals surface area contributed by atoms with Crippen molar-refractivity contribution in [2.24, 2.45) is 0 Å². The van der Waals surface area contributed by atoms with Crippen molar-refractivity contribution in [3.8, 4) is 5.75 Å². The maximum Gasteiger partial charge on any atom is 0.341 e. The molecule has 2 rings (SSSR count). The van der Waals surface area contributed by atoms with E-state index in [0.717, 1.165) is 0 Å². The summed E-state index contributed by atoms with van der Waals surface area (Å²) >= 11 is 0. The lowest BCUT2D eigenvalue weighted by molar-refractivity contribution is 0.0693. The lowest BCUT2D eigenvalue weighted by Gasteiger charge is -2.24. The molecular weight excluding hydrogens is 212 g/mol. The second-order valence-corrected chi connectivity index (χ2v) is 3.65. The molecule has 1 aliphatic rings. The molecule has 6 nitrogen and oxygen atoms in total. The summed E-state index contributed by atoms with van der Waals surface area (Å²) in [7, 11) is 3.04. The number of aromatic nitrogens is 1. The van der Waals surface area contributed by atoms with Gasteiger partial charge in [0.05, 0.1) is 7.11 Å². The smallest absolute Gasteiger partial charge is 0.341 e. The molecule has 0 spiro atoms. The Morgan fingerprint density at radius 3 is 2.75 bits per heavy atom. The fraction of sp³-hybridized carbons (Fsp3) is 0.400. The molecule has 6 heteroatoms. The molecule has 0 aliphatic carbocycles. The van der Waals surface area contributed by atoms with Crippen LogP contribution in [0.4, 0.5) is 0 Å². The molecule has 0 saturated carbocycles. The molecule has 0 atom stereocenters. The van der Waals surface area contributed by atoms with Gasteiger partial charge in [-0.2, -0.15) is 0 Å². The molecule has 1 aromatic heterocycles. The number of hydrogen-bond donors (Lipinski definition) is 1. The first kappa shape index (κ1) is 10.5. The number of methoxy groups -OCH3 is 1. The predicted octanol–water partition coefficient (Wildman–Crippen LogP) is 0.280. The number of hydrogen-bond acceptors (Lipinski definition) is 3. The van der Waals surface area contributed by atoms with Gasteiger partial charge >= 0.3 is 5.97 Å². The Morgan fingerprint density at radius 2 is 2.19 bits per heavy atom. The third-order valence-corrected chi connectivity index (χ3v) is 2.69. The van der Waals surface area contributed by atoms with E-state index in [-0.39, 0.29) is 17.2 Å². The van der Waals surface area contributed by atoms with E-state index in [0.29, 0.717) is 18.8 Å². The van der Waals surface area contributed by atoms with Crippen molar-refractivity contribution in [2.75, 3.05) is 20.7 Å². The van der Waals surface area contributed by atoms with Crippen LogP contribution >= 0.6 is 0 Å². The van der Waals surface area contributed by atoms with Crippen LogP contribution in [0.3, 0.4) is 0 Å². The van der Waals surface area contributed by atoms with Crippen LogP contribution in [0, 0.1) is 0 Å². The molecule has 86 valence electrons. The Kier molecular flexibility index (Phi) is 2.34. The molecule has 2 heterocycles. The number of carboxylic acid groups (broad SMARTS) is 1. The number of rotatable bonds is 2. The van der Waals surface area contributed by atoms with Gasteiger partial charge in [-0.3, -0.25) is 4.79 Å². The highest BCUT2D eigenvalue weighted by Gasteiger charge is 2.30. The van der Waals surface area contributed by atoms with Crippen molar-refractivity contribution in [1.82, 2.24) is 9.47 Å². The van der Waals surface area contributed by atoms with E-state index in [2.05, 4.69) is 0 Å². The Balaban J connectivity index is 2.61. The molecule has 0 aromatic carbocycles. The van der Waals surface area contributed by atoms with Gasteiger partial charge in [0.2, 0.25) is 0 Å².